The van der Waals surface area contributed by atoms with Crippen LogP contribution < -0.4 is 14.4 Å². The summed E-state index contributed by atoms with van der Waals surface area (Å²) in [5.41, 5.74) is 2.92. The van der Waals surface area contributed by atoms with Gasteiger partial charge in [0.2, 0.25) is 10.0 Å². The molecule has 1 unspecified atom stereocenters. The number of carbonyl (C=O) groups is 1. The Morgan fingerprint density at radius 1 is 0.969 bits per heavy atom. The van der Waals surface area contributed by atoms with Gasteiger partial charge in [0.25, 0.3) is 5.91 Å². The normalized spacial score (nSPS) is 12.1. The van der Waals surface area contributed by atoms with Crippen molar-refractivity contribution in [2.75, 3.05) is 24.2 Å². The maximum atomic E-state index is 12.5. The molecule has 0 heterocycles. The predicted molar refractivity (Wildman–Crippen MR) is 128 cm³/mol. The highest BCUT2D eigenvalue weighted by Gasteiger charge is 2.21. The largest absolute Gasteiger partial charge is 0.495 e. The Kier molecular flexibility index (Phi) is 7.53. The Bertz CT molecular complexity index is 1150. The average molecular weight is 453 g/mol. The zero-order valence-corrected chi connectivity index (χ0v) is 19.3. The van der Waals surface area contributed by atoms with Gasteiger partial charge in [0.15, 0.2) is 0 Å². The van der Waals surface area contributed by atoms with Crippen LogP contribution in [0.1, 0.15) is 34.3 Å². The highest BCUT2D eigenvalue weighted by molar-refractivity contribution is 7.92. The molecule has 3 aromatic carbocycles. The molecule has 0 radical (unpaired) electrons. The summed E-state index contributed by atoms with van der Waals surface area (Å²) >= 11 is 0. The van der Waals surface area contributed by atoms with Gasteiger partial charge in [-0.05, 0) is 41.3 Å². The number of hydrogen-bond donors (Lipinski definition) is 1. The number of rotatable bonds is 9. The van der Waals surface area contributed by atoms with Crippen molar-refractivity contribution in [2.24, 2.45) is 0 Å². The fourth-order valence-corrected chi connectivity index (χ4v) is 4.28. The summed E-state index contributed by atoms with van der Waals surface area (Å²) in [5, 5.41) is 2.96. The van der Waals surface area contributed by atoms with Crippen LogP contribution in [0.5, 0.6) is 5.75 Å². The van der Waals surface area contributed by atoms with Gasteiger partial charge in [-0.2, -0.15) is 0 Å². The molecule has 168 valence electrons. The fourth-order valence-electron chi connectivity index (χ4n) is 3.39. The topological polar surface area (TPSA) is 75.7 Å². The third-order valence-corrected chi connectivity index (χ3v) is 6.36. The van der Waals surface area contributed by atoms with Crippen LogP contribution in [0.2, 0.25) is 0 Å². The van der Waals surface area contributed by atoms with E-state index in [0.29, 0.717) is 23.5 Å². The first-order chi connectivity index (χ1) is 15.3. The van der Waals surface area contributed by atoms with E-state index in [-0.39, 0.29) is 18.4 Å². The summed E-state index contributed by atoms with van der Waals surface area (Å²) in [4.78, 5) is 12.5. The van der Waals surface area contributed by atoms with E-state index in [2.05, 4.69) is 12.2 Å². The fraction of sp³-hybridized carbons (Fsp3) is 0.240. The summed E-state index contributed by atoms with van der Waals surface area (Å²) in [7, 11) is -2.04. The molecule has 7 heteroatoms. The van der Waals surface area contributed by atoms with E-state index in [9.17, 15) is 13.2 Å². The zero-order chi connectivity index (χ0) is 23.1. The number of benzene rings is 3. The molecule has 0 aliphatic rings. The molecule has 0 saturated heterocycles. The highest BCUT2D eigenvalue weighted by atomic mass is 32.2. The molecule has 3 aromatic rings. The van der Waals surface area contributed by atoms with Gasteiger partial charge in [-0.1, -0.05) is 61.5 Å². The standard InChI is InChI=1S/C25H28N2O4S/c1-19(21-9-5-4-6-10-21)17-26-25(28)22-15-13-20(14-16-22)18-27(32(3,29)30)23-11-7-8-12-24(23)31-2/h4-16,19H,17-18H2,1-3H3,(H,26,28). The smallest absolute Gasteiger partial charge is 0.251 e. The van der Waals surface area contributed by atoms with E-state index in [1.165, 1.54) is 17.0 Å². The number of anilines is 1. The van der Waals surface area contributed by atoms with Crippen LogP contribution >= 0.6 is 0 Å². The lowest BCUT2D eigenvalue weighted by Crippen LogP contribution is -2.30. The number of amides is 1. The molecule has 1 amide bonds. The lowest BCUT2D eigenvalue weighted by molar-refractivity contribution is 0.0951. The second kappa shape index (κ2) is 10.3. The van der Waals surface area contributed by atoms with E-state index >= 15 is 0 Å². The third-order valence-electron chi connectivity index (χ3n) is 5.23. The molecule has 1 atom stereocenters. The van der Waals surface area contributed by atoms with Crippen molar-refractivity contribution in [3.05, 3.63) is 95.6 Å². The number of para-hydroxylation sites is 2. The molecule has 0 bridgehead atoms. The van der Waals surface area contributed by atoms with Crippen molar-refractivity contribution in [2.45, 2.75) is 19.4 Å². The second-order valence-electron chi connectivity index (χ2n) is 7.66. The molecular formula is C25H28N2O4S. The molecule has 0 aromatic heterocycles. The van der Waals surface area contributed by atoms with Gasteiger partial charge in [0.05, 0.1) is 25.6 Å². The Morgan fingerprint density at radius 3 is 2.22 bits per heavy atom. The number of sulfonamides is 1. The minimum absolute atomic E-state index is 0.131. The minimum atomic E-state index is -3.55. The molecule has 0 aliphatic carbocycles. The quantitative estimate of drug-likeness (QED) is 0.528. The molecule has 0 aliphatic heterocycles. The van der Waals surface area contributed by atoms with Crippen LogP contribution in [0.15, 0.2) is 78.9 Å². The first-order valence-corrected chi connectivity index (χ1v) is 12.2. The molecule has 3 rings (SSSR count). The maximum Gasteiger partial charge on any atom is 0.251 e. The van der Waals surface area contributed by atoms with Crippen molar-refractivity contribution >= 4 is 21.6 Å². The van der Waals surface area contributed by atoms with Crippen molar-refractivity contribution in [1.29, 1.82) is 0 Å². The van der Waals surface area contributed by atoms with Crippen molar-refractivity contribution in [3.63, 3.8) is 0 Å². The van der Waals surface area contributed by atoms with Gasteiger partial charge in [-0.15, -0.1) is 0 Å². The van der Waals surface area contributed by atoms with Crippen LogP contribution in [-0.4, -0.2) is 34.2 Å². The first kappa shape index (κ1) is 23.3. The molecular weight excluding hydrogens is 424 g/mol. The number of hydrogen-bond acceptors (Lipinski definition) is 4. The van der Waals surface area contributed by atoms with E-state index in [0.717, 1.165) is 11.8 Å². The summed E-state index contributed by atoms with van der Waals surface area (Å²) in [6.45, 7) is 2.72. The van der Waals surface area contributed by atoms with E-state index in [4.69, 9.17) is 4.74 Å². The molecule has 1 N–H and O–H groups in total. The Morgan fingerprint density at radius 2 is 1.59 bits per heavy atom. The lowest BCUT2D eigenvalue weighted by atomic mass is 10.0. The van der Waals surface area contributed by atoms with E-state index in [1.54, 1.807) is 48.5 Å². The van der Waals surface area contributed by atoms with Crippen LogP contribution in [0, 0.1) is 0 Å². The summed E-state index contributed by atoms with van der Waals surface area (Å²) in [6, 6.07) is 23.9. The van der Waals surface area contributed by atoms with E-state index < -0.39 is 10.0 Å². The minimum Gasteiger partial charge on any atom is -0.495 e. The van der Waals surface area contributed by atoms with Gasteiger partial charge in [0, 0.05) is 12.1 Å². The van der Waals surface area contributed by atoms with Crippen LogP contribution in [0.3, 0.4) is 0 Å². The highest BCUT2D eigenvalue weighted by Crippen LogP contribution is 2.30. The third kappa shape index (κ3) is 5.88. The Balaban J connectivity index is 1.69. The second-order valence-corrected chi connectivity index (χ2v) is 9.57. The van der Waals surface area contributed by atoms with Gasteiger partial charge in [-0.3, -0.25) is 9.10 Å². The zero-order valence-electron chi connectivity index (χ0n) is 18.5. The molecule has 32 heavy (non-hydrogen) atoms. The summed E-state index contributed by atoms with van der Waals surface area (Å²) in [5.74, 6) is 0.508. The predicted octanol–water partition coefficient (Wildman–Crippen LogP) is 4.19. The van der Waals surface area contributed by atoms with Crippen LogP contribution in [-0.2, 0) is 16.6 Å². The van der Waals surface area contributed by atoms with Crippen LogP contribution in [0.4, 0.5) is 5.69 Å². The number of methoxy groups -OCH3 is 1. The molecule has 0 saturated carbocycles. The first-order valence-electron chi connectivity index (χ1n) is 10.3. The summed E-state index contributed by atoms with van der Waals surface area (Å²) in [6.07, 6.45) is 1.16. The van der Waals surface area contributed by atoms with E-state index in [1.807, 2.05) is 30.3 Å². The average Bonchev–Trinajstić information content (AvgIpc) is 2.81. The Labute approximate surface area is 189 Å². The van der Waals surface area contributed by atoms with Gasteiger partial charge >= 0.3 is 0 Å². The Hall–Kier alpha value is -3.32. The number of ether oxygens (including phenoxy) is 1. The van der Waals surface area contributed by atoms with Crippen molar-refractivity contribution < 1.29 is 17.9 Å². The van der Waals surface area contributed by atoms with Gasteiger partial charge in [-0.25, -0.2) is 8.42 Å². The lowest BCUT2D eigenvalue weighted by Gasteiger charge is -2.24. The number of nitrogens with zero attached hydrogens (tertiary/aromatic N) is 1. The molecule has 6 nitrogen and oxygen atoms in total. The molecule has 0 spiro atoms. The van der Waals surface area contributed by atoms with Gasteiger partial charge < -0.3 is 10.1 Å². The van der Waals surface area contributed by atoms with Crippen molar-refractivity contribution in [3.8, 4) is 5.75 Å². The van der Waals surface area contributed by atoms with Crippen LogP contribution in [0.25, 0.3) is 0 Å². The SMILES string of the molecule is COc1ccccc1N(Cc1ccc(C(=O)NCC(C)c2ccccc2)cc1)S(C)(=O)=O. The monoisotopic (exact) mass is 452 g/mol. The molecule has 0 fully saturated rings. The summed E-state index contributed by atoms with van der Waals surface area (Å²) < 4.78 is 31.5. The van der Waals surface area contributed by atoms with Crippen molar-refractivity contribution in [1.82, 2.24) is 5.32 Å². The van der Waals surface area contributed by atoms with Gasteiger partial charge in [0.1, 0.15) is 5.75 Å². The number of carbonyl (C=O) groups excluding carboxylic acids is 1. The maximum absolute atomic E-state index is 12.5. The number of nitrogens with one attached hydrogen (secondary N) is 1.